The molecule has 2 aromatic rings. The maximum Gasteiger partial charge on any atom is 0.305 e. The average molecular weight is 408 g/mol. The van der Waals surface area contributed by atoms with Gasteiger partial charge in [0.1, 0.15) is 12.2 Å². The lowest BCUT2D eigenvalue weighted by molar-refractivity contribution is 0.0920. The Balaban J connectivity index is 1.75. The molecule has 1 saturated carbocycles. The van der Waals surface area contributed by atoms with Gasteiger partial charge in [0.2, 0.25) is 0 Å². The van der Waals surface area contributed by atoms with Crippen LogP contribution in [0.4, 0.5) is 11.4 Å². The Labute approximate surface area is 152 Å². The van der Waals surface area contributed by atoms with E-state index in [9.17, 15) is 4.21 Å². The molecular weight excluding hydrogens is 390 g/mol. The fourth-order valence-electron chi connectivity index (χ4n) is 3.55. The van der Waals surface area contributed by atoms with Crippen LogP contribution >= 0.6 is 15.9 Å². The largest absolute Gasteiger partial charge is 0.336 e. The number of fused-ring (bicyclic) bond motifs is 1. The van der Waals surface area contributed by atoms with Crippen molar-refractivity contribution in [2.75, 3.05) is 4.90 Å². The predicted molar refractivity (Wildman–Crippen MR) is 98.3 cm³/mol. The maximum atomic E-state index is 11.7. The minimum atomic E-state index is -1.63. The molecule has 2 aliphatic rings. The Morgan fingerprint density at radius 2 is 1.67 bits per heavy atom. The van der Waals surface area contributed by atoms with Crippen molar-refractivity contribution in [3.8, 4) is 0 Å². The van der Waals surface area contributed by atoms with Gasteiger partial charge in [0.25, 0.3) is 0 Å². The Kier molecular flexibility index (Phi) is 4.72. The van der Waals surface area contributed by atoms with Crippen molar-refractivity contribution in [1.82, 2.24) is 0 Å². The lowest BCUT2D eigenvalue weighted by atomic mass is 9.88. The molecule has 1 aliphatic heterocycles. The SMILES string of the molecule is O=S1O[C@H]2[C@H](N(c3ccccc3)c3ccc(Br)cc3)CCC[C@H]2O1. The molecule has 24 heavy (non-hydrogen) atoms. The van der Waals surface area contributed by atoms with Crippen LogP contribution in [0.5, 0.6) is 0 Å². The molecule has 126 valence electrons. The molecule has 1 aliphatic carbocycles. The molecule has 6 heteroatoms. The first-order valence-corrected chi connectivity index (χ1v) is 9.87. The predicted octanol–water partition coefficient (Wildman–Crippen LogP) is 4.50. The van der Waals surface area contributed by atoms with Gasteiger partial charge in [0.15, 0.2) is 0 Å². The second-order valence-electron chi connectivity index (χ2n) is 6.08. The number of hydrogen-bond donors (Lipinski definition) is 0. The van der Waals surface area contributed by atoms with Gasteiger partial charge in [-0.05, 0) is 55.7 Å². The summed E-state index contributed by atoms with van der Waals surface area (Å²) >= 11 is 1.87. The fourth-order valence-corrected chi connectivity index (χ4v) is 4.70. The lowest BCUT2D eigenvalue weighted by Gasteiger charge is -2.40. The van der Waals surface area contributed by atoms with Gasteiger partial charge in [-0.1, -0.05) is 34.1 Å². The van der Waals surface area contributed by atoms with E-state index in [0.29, 0.717) is 0 Å². The van der Waals surface area contributed by atoms with Crippen molar-refractivity contribution < 1.29 is 12.6 Å². The molecule has 0 aromatic heterocycles. The van der Waals surface area contributed by atoms with Crippen LogP contribution in [0.15, 0.2) is 59.1 Å². The van der Waals surface area contributed by atoms with Gasteiger partial charge >= 0.3 is 11.4 Å². The molecule has 4 rings (SSSR count). The third-order valence-corrected chi connectivity index (χ3v) is 5.91. The summed E-state index contributed by atoms with van der Waals surface area (Å²) < 4.78 is 23.9. The van der Waals surface area contributed by atoms with Crippen molar-refractivity contribution in [2.45, 2.75) is 37.5 Å². The summed E-state index contributed by atoms with van der Waals surface area (Å²) in [5.41, 5.74) is 2.20. The molecule has 2 fully saturated rings. The van der Waals surface area contributed by atoms with Gasteiger partial charge in [-0.15, -0.1) is 0 Å². The molecule has 0 amide bonds. The van der Waals surface area contributed by atoms with Gasteiger partial charge in [-0.25, -0.2) is 0 Å². The quantitative estimate of drug-likeness (QED) is 0.750. The Hall–Kier alpha value is -1.21. The van der Waals surface area contributed by atoms with Crippen LogP contribution in [0.25, 0.3) is 0 Å². The third-order valence-electron chi connectivity index (χ3n) is 4.60. The summed E-state index contributed by atoms with van der Waals surface area (Å²) in [7, 11) is 0. The van der Waals surface area contributed by atoms with Crippen LogP contribution < -0.4 is 4.90 Å². The van der Waals surface area contributed by atoms with E-state index in [1.165, 1.54) is 0 Å². The van der Waals surface area contributed by atoms with Crippen LogP contribution in [0.1, 0.15) is 19.3 Å². The van der Waals surface area contributed by atoms with Gasteiger partial charge in [-0.3, -0.25) is 8.37 Å². The Morgan fingerprint density at radius 1 is 0.958 bits per heavy atom. The van der Waals surface area contributed by atoms with E-state index in [0.717, 1.165) is 35.1 Å². The second kappa shape index (κ2) is 6.96. The first-order chi connectivity index (χ1) is 11.7. The number of para-hydroxylation sites is 1. The number of rotatable bonds is 3. The molecule has 1 saturated heterocycles. The smallest absolute Gasteiger partial charge is 0.305 e. The summed E-state index contributed by atoms with van der Waals surface area (Å²) in [4.78, 5) is 2.29. The number of benzene rings is 2. The van der Waals surface area contributed by atoms with E-state index in [1.54, 1.807) is 0 Å². The van der Waals surface area contributed by atoms with E-state index in [2.05, 4.69) is 45.1 Å². The zero-order valence-electron chi connectivity index (χ0n) is 13.0. The van der Waals surface area contributed by atoms with Crippen molar-refractivity contribution in [1.29, 1.82) is 0 Å². The lowest BCUT2D eigenvalue weighted by Crippen LogP contribution is -2.48. The first kappa shape index (κ1) is 16.3. The fraction of sp³-hybridized carbons (Fsp3) is 0.333. The summed E-state index contributed by atoms with van der Waals surface area (Å²) in [6.45, 7) is 0. The van der Waals surface area contributed by atoms with Crippen molar-refractivity contribution in [3.05, 3.63) is 59.1 Å². The van der Waals surface area contributed by atoms with E-state index in [-0.39, 0.29) is 18.2 Å². The summed E-state index contributed by atoms with van der Waals surface area (Å²) in [6.07, 6.45) is 2.64. The minimum Gasteiger partial charge on any atom is -0.336 e. The van der Waals surface area contributed by atoms with Crippen molar-refractivity contribution >= 4 is 38.7 Å². The highest BCUT2D eigenvalue weighted by Gasteiger charge is 2.45. The molecule has 1 heterocycles. The zero-order valence-corrected chi connectivity index (χ0v) is 15.4. The second-order valence-corrected chi connectivity index (χ2v) is 7.79. The molecule has 4 nitrogen and oxygen atoms in total. The van der Waals surface area contributed by atoms with E-state index in [4.69, 9.17) is 8.37 Å². The number of halogens is 1. The molecule has 2 aromatic carbocycles. The number of hydrogen-bond acceptors (Lipinski definition) is 4. The molecule has 0 spiro atoms. The highest BCUT2D eigenvalue weighted by Crippen LogP contribution is 2.39. The van der Waals surface area contributed by atoms with Gasteiger partial charge < -0.3 is 4.90 Å². The minimum absolute atomic E-state index is 0.0914. The molecule has 1 unspecified atom stereocenters. The monoisotopic (exact) mass is 407 g/mol. The normalized spacial score (nSPS) is 29.2. The topological polar surface area (TPSA) is 38.8 Å². The van der Waals surface area contributed by atoms with Crippen LogP contribution in [-0.4, -0.2) is 22.5 Å². The van der Waals surface area contributed by atoms with Gasteiger partial charge in [0.05, 0.1) is 6.04 Å². The molecule has 0 N–H and O–H groups in total. The van der Waals surface area contributed by atoms with E-state index in [1.807, 2.05) is 30.3 Å². The Bertz CT molecular complexity index is 725. The Morgan fingerprint density at radius 3 is 2.42 bits per heavy atom. The highest BCUT2D eigenvalue weighted by molar-refractivity contribution is 9.10. The average Bonchev–Trinajstić information content (AvgIpc) is 2.99. The summed E-state index contributed by atoms with van der Waals surface area (Å²) in [5, 5.41) is 0. The summed E-state index contributed by atoms with van der Waals surface area (Å²) in [6, 6.07) is 18.6. The highest BCUT2D eigenvalue weighted by atomic mass is 79.9. The van der Waals surface area contributed by atoms with Crippen LogP contribution in [0, 0.1) is 0 Å². The molecule has 0 bridgehead atoms. The van der Waals surface area contributed by atoms with Crippen LogP contribution in [-0.2, 0) is 19.7 Å². The molecular formula is C18H18BrNO3S. The third kappa shape index (κ3) is 3.16. The first-order valence-electron chi connectivity index (χ1n) is 8.08. The van der Waals surface area contributed by atoms with Crippen molar-refractivity contribution in [3.63, 3.8) is 0 Å². The molecule has 0 radical (unpaired) electrons. The van der Waals surface area contributed by atoms with Gasteiger partial charge in [-0.2, -0.15) is 4.21 Å². The standard InChI is InChI=1S/C18H18BrNO3S/c19-13-9-11-15(12-10-13)20(14-5-2-1-3-6-14)16-7-4-8-17-18(16)23-24(21)22-17/h1-3,5-6,9-12,16-18H,4,7-8H2/t16-,17-,18+,24?/m1/s1. The van der Waals surface area contributed by atoms with Crippen LogP contribution in [0.3, 0.4) is 0 Å². The summed E-state index contributed by atoms with van der Waals surface area (Å²) in [5.74, 6) is 0. The van der Waals surface area contributed by atoms with Crippen LogP contribution in [0.2, 0.25) is 0 Å². The van der Waals surface area contributed by atoms with E-state index < -0.39 is 11.4 Å². The number of anilines is 2. The number of nitrogens with zero attached hydrogens (tertiary/aromatic N) is 1. The van der Waals surface area contributed by atoms with E-state index >= 15 is 0 Å². The maximum absolute atomic E-state index is 11.7. The van der Waals surface area contributed by atoms with Crippen molar-refractivity contribution in [2.24, 2.45) is 0 Å². The molecule has 4 atom stereocenters. The zero-order chi connectivity index (χ0) is 16.5. The van der Waals surface area contributed by atoms with Gasteiger partial charge in [0, 0.05) is 15.8 Å².